The summed E-state index contributed by atoms with van der Waals surface area (Å²) in [6.07, 6.45) is 2.96. The number of nitrogens with zero attached hydrogens (tertiary/aromatic N) is 4. The average molecular weight is 289 g/mol. The lowest BCUT2D eigenvalue weighted by Gasteiger charge is -2.24. The second-order valence-corrected chi connectivity index (χ2v) is 5.27. The van der Waals surface area contributed by atoms with Gasteiger partial charge in [0.25, 0.3) is 0 Å². The number of nitriles is 1. The molecule has 21 heavy (non-hydrogen) atoms. The van der Waals surface area contributed by atoms with E-state index in [1.54, 1.807) is 0 Å². The van der Waals surface area contributed by atoms with Crippen molar-refractivity contribution in [3.05, 3.63) is 11.9 Å². The highest BCUT2D eigenvalue weighted by Gasteiger charge is 2.13. The zero-order valence-electron chi connectivity index (χ0n) is 13.7. The predicted molar refractivity (Wildman–Crippen MR) is 87.5 cm³/mol. The highest BCUT2D eigenvalue weighted by Crippen LogP contribution is 2.18. The molecule has 0 amide bonds. The molecule has 5 heteroatoms. The number of anilines is 2. The molecule has 0 saturated carbocycles. The van der Waals surface area contributed by atoms with Crippen LogP contribution in [0.15, 0.2) is 6.07 Å². The summed E-state index contributed by atoms with van der Waals surface area (Å²) in [5.41, 5.74) is 0. The molecule has 1 rings (SSSR count). The maximum atomic E-state index is 9.01. The Morgan fingerprint density at radius 2 is 2.05 bits per heavy atom. The fraction of sp³-hybridized carbons (Fsp3) is 0.688. The Balaban J connectivity index is 3.01. The van der Waals surface area contributed by atoms with Gasteiger partial charge in [-0.15, -0.1) is 0 Å². The fourth-order valence-electron chi connectivity index (χ4n) is 2.08. The van der Waals surface area contributed by atoms with Gasteiger partial charge in [-0.05, 0) is 26.7 Å². The molecule has 1 aromatic rings. The van der Waals surface area contributed by atoms with Crippen molar-refractivity contribution in [1.29, 1.82) is 5.26 Å². The predicted octanol–water partition coefficient (Wildman–Crippen LogP) is 3.24. The van der Waals surface area contributed by atoms with Crippen LogP contribution in [-0.2, 0) is 6.42 Å². The van der Waals surface area contributed by atoms with E-state index in [0.717, 1.165) is 49.8 Å². The number of aromatic nitrogens is 2. The Kier molecular flexibility index (Phi) is 7.52. The first kappa shape index (κ1) is 17.2. The van der Waals surface area contributed by atoms with E-state index < -0.39 is 0 Å². The van der Waals surface area contributed by atoms with E-state index in [0.29, 0.717) is 6.54 Å². The molecule has 5 nitrogen and oxygen atoms in total. The molecule has 0 saturated heterocycles. The van der Waals surface area contributed by atoms with Gasteiger partial charge < -0.3 is 10.2 Å². The fourth-order valence-corrected chi connectivity index (χ4v) is 2.08. The minimum Gasteiger partial charge on any atom is -0.370 e. The highest BCUT2D eigenvalue weighted by atomic mass is 15.2. The normalized spacial score (nSPS) is 11.8. The van der Waals surface area contributed by atoms with E-state index in [2.05, 4.69) is 47.0 Å². The quantitative estimate of drug-likeness (QED) is 0.756. The van der Waals surface area contributed by atoms with Gasteiger partial charge >= 0.3 is 0 Å². The molecule has 0 aliphatic heterocycles. The van der Waals surface area contributed by atoms with Gasteiger partial charge in [0.15, 0.2) is 0 Å². The summed E-state index contributed by atoms with van der Waals surface area (Å²) in [5.74, 6) is 2.66. The summed E-state index contributed by atoms with van der Waals surface area (Å²) in [4.78, 5) is 11.4. The van der Waals surface area contributed by atoms with Gasteiger partial charge in [0, 0.05) is 32.1 Å². The Hall–Kier alpha value is -1.83. The molecule has 0 spiro atoms. The van der Waals surface area contributed by atoms with Crippen molar-refractivity contribution in [3.8, 4) is 6.07 Å². The molecular formula is C16H27N5. The molecule has 1 heterocycles. The number of nitrogens with one attached hydrogen (secondary N) is 1. The van der Waals surface area contributed by atoms with Crippen molar-refractivity contribution in [1.82, 2.24) is 9.97 Å². The van der Waals surface area contributed by atoms with Crippen LogP contribution < -0.4 is 10.2 Å². The van der Waals surface area contributed by atoms with Crippen LogP contribution in [0.25, 0.3) is 0 Å². The maximum absolute atomic E-state index is 9.01. The number of hydrogen-bond donors (Lipinski definition) is 1. The lowest BCUT2D eigenvalue weighted by Crippen LogP contribution is -2.29. The summed E-state index contributed by atoms with van der Waals surface area (Å²) >= 11 is 0. The van der Waals surface area contributed by atoms with Crippen LogP contribution in [0.3, 0.4) is 0 Å². The van der Waals surface area contributed by atoms with E-state index in [4.69, 9.17) is 5.26 Å². The van der Waals surface area contributed by atoms with Crippen LogP contribution in [0.1, 0.15) is 46.4 Å². The van der Waals surface area contributed by atoms with Crippen molar-refractivity contribution >= 4 is 11.6 Å². The first-order valence-corrected chi connectivity index (χ1v) is 7.90. The molecule has 0 aliphatic carbocycles. The van der Waals surface area contributed by atoms with E-state index in [-0.39, 0.29) is 5.92 Å². The highest BCUT2D eigenvalue weighted by molar-refractivity contribution is 5.49. The Morgan fingerprint density at radius 1 is 1.29 bits per heavy atom. The van der Waals surface area contributed by atoms with Gasteiger partial charge in [0.1, 0.15) is 17.5 Å². The standard InChI is InChI=1S/C16H27N5/c1-5-8-14-19-15(18-9-6-2)10-16(20-14)21(7-3)12-13(4)11-17/h10,13H,5-9,12H2,1-4H3,(H,18,19,20). The zero-order chi connectivity index (χ0) is 15.7. The molecule has 0 bridgehead atoms. The van der Waals surface area contributed by atoms with Crippen molar-refractivity contribution in [2.24, 2.45) is 5.92 Å². The first-order valence-electron chi connectivity index (χ1n) is 7.90. The minimum absolute atomic E-state index is 0.0124. The molecule has 116 valence electrons. The van der Waals surface area contributed by atoms with Crippen LogP contribution in [0.5, 0.6) is 0 Å². The summed E-state index contributed by atoms with van der Waals surface area (Å²) in [6, 6.07) is 4.28. The summed E-state index contributed by atoms with van der Waals surface area (Å²) < 4.78 is 0. The van der Waals surface area contributed by atoms with Crippen molar-refractivity contribution < 1.29 is 0 Å². The van der Waals surface area contributed by atoms with Gasteiger partial charge in [-0.2, -0.15) is 5.26 Å². The molecule has 0 aromatic carbocycles. The largest absolute Gasteiger partial charge is 0.370 e. The van der Waals surface area contributed by atoms with Crippen LogP contribution in [0.2, 0.25) is 0 Å². The average Bonchev–Trinajstić information content (AvgIpc) is 2.50. The third-order valence-electron chi connectivity index (χ3n) is 3.21. The third kappa shape index (κ3) is 5.58. The van der Waals surface area contributed by atoms with Crippen LogP contribution in [0, 0.1) is 17.2 Å². The van der Waals surface area contributed by atoms with Gasteiger partial charge in [-0.1, -0.05) is 13.8 Å². The van der Waals surface area contributed by atoms with Gasteiger partial charge in [0.2, 0.25) is 0 Å². The summed E-state index contributed by atoms with van der Waals surface area (Å²) in [5, 5.41) is 12.4. The second kappa shape index (κ2) is 9.17. The zero-order valence-corrected chi connectivity index (χ0v) is 13.7. The van der Waals surface area contributed by atoms with Crippen LogP contribution in [0.4, 0.5) is 11.6 Å². The van der Waals surface area contributed by atoms with Crippen molar-refractivity contribution in [2.75, 3.05) is 29.9 Å². The lowest BCUT2D eigenvalue weighted by molar-refractivity contribution is 0.675. The SMILES string of the molecule is CCCNc1cc(N(CC)CC(C)C#N)nc(CCC)n1. The van der Waals surface area contributed by atoms with E-state index in [9.17, 15) is 0 Å². The summed E-state index contributed by atoms with van der Waals surface area (Å²) in [6.45, 7) is 10.7. The molecule has 0 aliphatic rings. The smallest absolute Gasteiger partial charge is 0.134 e. The van der Waals surface area contributed by atoms with Crippen molar-refractivity contribution in [2.45, 2.75) is 47.0 Å². The summed E-state index contributed by atoms with van der Waals surface area (Å²) in [7, 11) is 0. The Labute approximate surface area is 128 Å². The Bertz CT molecular complexity index is 466. The van der Waals surface area contributed by atoms with Crippen LogP contribution >= 0.6 is 0 Å². The third-order valence-corrected chi connectivity index (χ3v) is 3.21. The molecule has 1 N–H and O–H groups in total. The monoisotopic (exact) mass is 289 g/mol. The van der Waals surface area contributed by atoms with Gasteiger partial charge in [0.05, 0.1) is 12.0 Å². The minimum atomic E-state index is -0.0124. The Morgan fingerprint density at radius 3 is 2.62 bits per heavy atom. The first-order chi connectivity index (χ1) is 10.1. The van der Waals surface area contributed by atoms with Crippen LogP contribution in [-0.4, -0.2) is 29.6 Å². The maximum Gasteiger partial charge on any atom is 0.134 e. The molecular weight excluding hydrogens is 262 g/mol. The molecule has 1 unspecified atom stereocenters. The molecule has 1 aromatic heterocycles. The van der Waals surface area contributed by atoms with Crippen molar-refractivity contribution in [3.63, 3.8) is 0 Å². The number of hydrogen-bond acceptors (Lipinski definition) is 5. The molecule has 1 atom stereocenters. The number of aryl methyl sites for hydroxylation is 1. The van der Waals surface area contributed by atoms with Gasteiger partial charge in [-0.3, -0.25) is 0 Å². The molecule has 0 radical (unpaired) electrons. The number of rotatable bonds is 9. The lowest BCUT2D eigenvalue weighted by atomic mass is 10.2. The topological polar surface area (TPSA) is 64.8 Å². The van der Waals surface area contributed by atoms with Gasteiger partial charge in [-0.25, -0.2) is 9.97 Å². The van der Waals surface area contributed by atoms with E-state index >= 15 is 0 Å². The van der Waals surface area contributed by atoms with E-state index in [1.807, 2.05) is 13.0 Å². The van der Waals surface area contributed by atoms with E-state index in [1.165, 1.54) is 0 Å². The molecule has 0 fully saturated rings. The second-order valence-electron chi connectivity index (χ2n) is 5.27.